The summed E-state index contributed by atoms with van der Waals surface area (Å²) in [7, 11) is 2.05. The number of aliphatic carboxylic acids is 1. The second kappa shape index (κ2) is 67.7. The zero-order valence-electron chi connectivity index (χ0n) is 69.2. The summed E-state index contributed by atoms with van der Waals surface area (Å²) in [5, 5.41) is 35.7. The molecular formula is C80H123N13O26S3. The minimum Gasteiger partial charge on any atom is -0.481 e. The Labute approximate surface area is 723 Å². The normalized spacial score (nSPS) is 18.9. The molecule has 2 aliphatic rings. The predicted molar refractivity (Wildman–Crippen MR) is 453 cm³/mol. The minimum atomic E-state index is -1.51. The largest absolute Gasteiger partial charge is 0.481 e. The number of benzene rings is 2. The fourth-order valence-corrected chi connectivity index (χ4v) is 15.0. The SMILES string of the molecule is NC(=O)COCC(=O)CCCOCCOCCOCCCC[C@@H]1CSCC(=O)N[C@@H](CCCCNC(=O)COCC(=O)NCCOCCOCCOCCOCCOCCNC(=O)CO/N=C/c2ccccc2)C(=O)N[C@H]2CSSC[C@H](NC(=O)[C@H](CC(=O)O)CC(=O)CNC(=O)[C@H](CCCN=C(N)N)CC2=O)C(=O)C[C@@H](Cc2ccccc2)C(=O)N1. The number of guanidine groups is 1. The Morgan fingerprint density at radius 2 is 1.00 bits per heavy atom. The van der Waals surface area contributed by atoms with Crippen LogP contribution in [0.1, 0.15) is 101 Å². The lowest BCUT2D eigenvalue weighted by Gasteiger charge is -2.26. The van der Waals surface area contributed by atoms with Crippen molar-refractivity contribution in [1.29, 1.82) is 0 Å². The molecule has 2 aliphatic heterocycles. The molecule has 0 saturated carbocycles. The first kappa shape index (κ1) is 106. The van der Waals surface area contributed by atoms with Gasteiger partial charge in [0.25, 0.3) is 5.91 Å². The smallest absolute Gasteiger partial charge is 0.304 e. The zero-order chi connectivity index (χ0) is 88.4. The van der Waals surface area contributed by atoms with E-state index in [-0.39, 0.29) is 171 Å². The summed E-state index contributed by atoms with van der Waals surface area (Å²) in [6.45, 7) is 3.13. The lowest BCUT2D eigenvalue weighted by Crippen LogP contribution is -2.53. The number of Topliss-reactive ketones (excluding diaryl/α,β-unsaturated/α-hetero) is 4. The van der Waals surface area contributed by atoms with Gasteiger partial charge in [0.15, 0.2) is 35.7 Å². The lowest BCUT2D eigenvalue weighted by molar-refractivity contribution is -0.142. The van der Waals surface area contributed by atoms with Crippen molar-refractivity contribution in [2.45, 2.75) is 120 Å². The second-order valence-corrected chi connectivity index (χ2v) is 31.7. The summed E-state index contributed by atoms with van der Waals surface area (Å²) >= 11 is 1.16. The highest BCUT2D eigenvalue weighted by Gasteiger charge is 2.36. The van der Waals surface area contributed by atoms with Gasteiger partial charge in [0.05, 0.1) is 135 Å². The molecule has 0 aromatic heterocycles. The standard InChI is InChI=1S/C80H123N13O26S3/c81-70(98)49-117-48-63(94)19-12-26-110-30-34-113-33-29-109-25-10-8-18-62-53-120-56-74(102)91-65(20-7-9-21-84-71(99)50-118-51-72(100)85-23-27-111-31-35-114-37-39-116-40-38-115-36-32-112-28-24-86-73(101)52-119-89-46-58-15-5-2-6-16-58)79(108)93-67-55-122-121-54-66(69(97)44-60(77(106)90-62)41-57-13-3-1-4-14-57)92-78(107)61(45-75(103)104)42-64(95)47-88-76(105)59(43-68(67)96)17-11-22-87-80(82)83/h1-6,13-16,46,59-62,65-67H,7-12,17-45,47-56H2,(H2,81,98)(H,84,99)(H,85,100)(H,86,101)(H,88,105)(H,90,106)(H,91,102)(H,92,107)(H,93,108)(H,103,104)(H4,82,83,87)/b89-46+/t59-,60-,61+,62-,65+,66+,67+/m1/s1. The molecule has 2 saturated heterocycles. The number of thioether (sulfide) groups is 1. The van der Waals surface area contributed by atoms with E-state index in [0.717, 1.165) is 38.9 Å². The third-order valence-corrected chi connectivity index (χ3v) is 21.4. The molecule has 682 valence electrons. The van der Waals surface area contributed by atoms with E-state index in [1.807, 2.05) is 30.3 Å². The molecule has 2 aromatic rings. The van der Waals surface area contributed by atoms with Crippen LogP contribution in [0.15, 0.2) is 70.8 Å². The average Bonchev–Trinajstić information content (AvgIpc) is 0.888. The van der Waals surface area contributed by atoms with E-state index in [1.54, 1.807) is 30.3 Å². The van der Waals surface area contributed by atoms with Crippen molar-refractivity contribution in [3.8, 4) is 0 Å². The summed E-state index contributed by atoms with van der Waals surface area (Å²) in [6.07, 6.45) is 2.04. The van der Waals surface area contributed by atoms with Gasteiger partial charge in [-0.25, -0.2) is 0 Å². The van der Waals surface area contributed by atoms with Crippen LogP contribution in [0.4, 0.5) is 0 Å². The molecular weight excluding hydrogens is 1660 g/mol. The Balaban J connectivity index is 1.34. The summed E-state index contributed by atoms with van der Waals surface area (Å²) in [6, 6.07) is 13.6. The number of nitrogens with one attached hydrogen (secondary N) is 8. The number of rotatable bonds is 58. The fraction of sp³-hybridized carbons (Fsp3) is 0.650. The number of nitrogens with zero attached hydrogens (tertiary/aromatic N) is 2. The molecule has 15 N–H and O–H groups in total. The van der Waals surface area contributed by atoms with Crippen molar-refractivity contribution in [2.75, 3.05) is 194 Å². The molecule has 7 atom stereocenters. The molecule has 42 heteroatoms. The summed E-state index contributed by atoms with van der Waals surface area (Å²) in [5.74, 6) is -13.5. The number of oxime groups is 1. The van der Waals surface area contributed by atoms with Gasteiger partial charge in [0.1, 0.15) is 32.5 Å². The van der Waals surface area contributed by atoms with Gasteiger partial charge in [-0.05, 0) is 75.3 Å². The van der Waals surface area contributed by atoms with E-state index < -0.39 is 158 Å². The first-order chi connectivity index (χ1) is 59.0. The highest BCUT2D eigenvalue weighted by Crippen LogP contribution is 2.28. The number of fused-ring (bicyclic) bond motifs is 5. The number of amides is 9. The van der Waals surface area contributed by atoms with Gasteiger partial charge in [-0.2, -0.15) is 0 Å². The molecule has 122 heavy (non-hydrogen) atoms. The lowest BCUT2D eigenvalue weighted by atomic mass is 9.90. The maximum Gasteiger partial charge on any atom is 0.304 e. The van der Waals surface area contributed by atoms with Crippen LogP contribution in [-0.2, 0) is 126 Å². The summed E-state index contributed by atoms with van der Waals surface area (Å²) in [5.41, 5.74) is 17.7. The Bertz CT molecular complexity index is 3510. The van der Waals surface area contributed by atoms with Crippen LogP contribution in [0.2, 0.25) is 0 Å². The third kappa shape index (κ3) is 54.0. The van der Waals surface area contributed by atoms with Crippen LogP contribution in [0.3, 0.4) is 0 Å². The summed E-state index contributed by atoms with van der Waals surface area (Å²) < 4.78 is 54.8. The number of carbonyl (C=O) groups excluding carboxylic acids is 13. The molecule has 2 heterocycles. The van der Waals surface area contributed by atoms with Crippen molar-refractivity contribution < 1.29 is 124 Å². The quantitative estimate of drug-likeness (QED) is 0.0130. The minimum absolute atomic E-state index is 0.0117. The van der Waals surface area contributed by atoms with Crippen molar-refractivity contribution >= 4 is 128 Å². The van der Waals surface area contributed by atoms with Gasteiger partial charge < -0.3 is 117 Å². The maximum absolute atomic E-state index is 14.9. The van der Waals surface area contributed by atoms with Crippen LogP contribution in [0.5, 0.6) is 0 Å². The first-order valence-corrected chi connectivity index (χ1v) is 44.5. The third-order valence-electron chi connectivity index (χ3n) is 17.9. The Hall–Kier alpha value is -8.79. The van der Waals surface area contributed by atoms with E-state index in [9.17, 15) is 72.2 Å². The van der Waals surface area contributed by atoms with Crippen LogP contribution >= 0.6 is 33.3 Å². The van der Waals surface area contributed by atoms with Gasteiger partial charge in [-0.15, -0.1) is 11.8 Å². The molecule has 39 nitrogen and oxygen atoms in total. The van der Waals surface area contributed by atoms with Gasteiger partial charge >= 0.3 is 5.97 Å². The number of unbranched alkanes of at least 4 members (excludes halogenated alkanes) is 2. The topological polar surface area (TPSA) is 560 Å². The fourth-order valence-electron chi connectivity index (χ4n) is 11.7. The number of ketones is 4. The molecule has 0 spiro atoms. The molecule has 0 radical (unpaired) electrons. The van der Waals surface area contributed by atoms with Crippen molar-refractivity contribution in [3.63, 3.8) is 0 Å². The maximum atomic E-state index is 14.9. The molecule has 4 rings (SSSR count). The number of ether oxygens (including phenoxy) is 10. The van der Waals surface area contributed by atoms with Crippen molar-refractivity contribution in [1.82, 2.24) is 42.5 Å². The highest BCUT2D eigenvalue weighted by molar-refractivity contribution is 8.76. The number of nitrogens with two attached hydrogens (primary N) is 3. The second-order valence-electron chi connectivity index (χ2n) is 28.1. The average molecular weight is 1780 g/mol. The number of hydrogen-bond donors (Lipinski definition) is 12. The molecule has 0 unspecified atom stereocenters. The Morgan fingerprint density at radius 1 is 0.484 bits per heavy atom. The zero-order valence-corrected chi connectivity index (χ0v) is 71.7. The number of hydrogen-bond acceptors (Lipinski definition) is 30. The van der Waals surface area contributed by atoms with E-state index in [0.29, 0.717) is 97.3 Å². The van der Waals surface area contributed by atoms with Gasteiger partial charge in [-0.3, -0.25) is 72.1 Å². The van der Waals surface area contributed by atoms with Crippen LogP contribution in [0.25, 0.3) is 0 Å². The van der Waals surface area contributed by atoms with Gasteiger partial charge in [0.2, 0.25) is 47.3 Å². The monoisotopic (exact) mass is 1780 g/mol. The van der Waals surface area contributed by atoms with Crippen LogP contribution in [-0.4, -0.2) is 318 Å². The molecule has 2 aromatic carbocycles. The van der Waals surface area contributed by atoms with Crippen LogP contribution < -0.4 is 59.7 Å². The molecule has 0 aliphatic carbocycles. The van der Waals surface area contributed by atoms with Crippen molar-refractivity contribution in [2.24, 2.45) is 45.1 Å². The van der Waals surface area contributed by atoms with E-state index in [4.69, 9.17) is 69.4 Å². The number of carboxylic acids is 1. The Kier molecular flexibility index (Phi) is 58.5. The number of carboxylic acid groups (broad SMARTS) is 1. The molecule has 2 fully saturated rings. The highest BCUT2D eigenvalue weighted by atomic mass is 33.1. The van der Waals surface area contributed by atoms with E-state index in [2.05, 4.69) is 52.7 Å². The first-order valence-electron chi connectivity index (χ1n) is 40.8. The number of primary amides is 1. The summed E-state index contributed by atoms with van der Waals surface area (Å²) in [4.78, 5) is 196. The van der Waals surface area contributed by atoms with E-state index >= 15 is 0 Å². The molecule has 9 amide bonds. The number of carbonyl (C=O) groups is 14. The van der Waals surface area contributed by atoms with Gasteiger partial charge in [0, 0.05) is 100 Å². The van der Waals surface area contributed by atoms with E-state index in [1.165, 1.54) is 6.21 Å². The van der Waals surface area contributed by atoms with Gasteiger partial charge in [-0.1, -0.05) is 87.4 Å². The predicted octanol–water partition coefficient (Wildman–Crippen LogP) is -0.579. The molecule has 2 bridgehead atoms. The van der Waals surface area contributed by atoms with Crippen LogP contribution in [0, 0.1) is 17.8 Å². The van der Waals surface area contributed by atoms with Crippen molar-refractivity contribution in [3.05, 3.63) is 71.8 Å². The Morgan fingerprint density at radius 3 is 1.58 bits per heavy atom. The number of aliphatic imine (C=N–C) groups is 1.